The number of fused-ring (bicyclic) bond motifs is 1. The van der Waals surface area contributed by atoms with Crippen molar-refractivity contribution in [2.24, 2.45) is 5.41 Å². The molecule has 6 heteroatoms. The maximum Gasteiger partial charge on any atom is 0.250 e. The summed E-state index contributed by atoms with van der Waals surface area (Å²) in [5.41, 5.74) is 0.726. The Morgan fingerprint density at radius 1 is 1.38 bits per heavy atom. The number of hydrogen-bond acceptors (Lipinski definition) is 4. The molecule has 0 fully saturated rings. The predicted octanol–water partition coefficient (Wildman–Crippen LogP) is 2.82. The van der Waals surface area contributed by atoms with E-state index < -0.39 is 5.41 Å². The van der Waals surface area contributed by atoms with E-state index in [2.05, 4.69) is 5.32 Å². The highest BCUT2D eigenvalue weighted by atomic mass is 16.5. The van der Waals surface area contributed by atoms with Gasteiger partial charge in [-0.1, -0.05) is 6.92 Å². The van der Waals surface area contributed by atoms with Crippen molar-refractivity contribution in [3.05, 3.63) is 18.2 Å². The van der Waals surface area contributed by atoms with Gasteiger partial charge in [0.25, 0.3) is 0 Å². The molecular weight excluding hydrogens is 308 g/mol. The van der Waals surface area contributed by atoms with E-state index in [1.54, 1.807) is 23.1 Å². The number of hydrogen-bond donors (Lipinski definition) is 1. The lowest BCUT2D eigenvalue weighted by molar-refractivity contribution is -0.127. The zero-order chi connectivity index (χ0) is 17.7. The fourth-order valence-corrected chi connectivity index (χ4v) is 2.56. The van der Waals surface area contributed by atoms with Crippen molar-refractivity contribution in [1.82, 2.24) is 0 Å². The molecule has 0 atom stereocenters. The van der Waals surface area contributed by atoms with Crippen LogP contribution < -0.4 is 15.0 Å². The highest BCUT2D eigenvalue weighted by Gasteiger charge is 2.37. The third-order valence-corrected chi connectivity index (χ3v) is 3.83. The fourth-order valence-electron chi connectivity index (χ4n) is 2.56. The van der Waals surface area contributed by atoms with Crippen LogP contribution in [0.1, 0.15) is 34.1 Å². The second kappa shape index (κ2) is 7.66. The second-order valence-corrected chi connectivity index (χ2v) is 6.50. The summed E-state index contributed by atoms with van der Waals surface area (Å²) < 4.78 is 10.9. The monoisotopic (exact) mass is 334 g/mol. The summed E-state index contributed by atoms with van der Waals surface area (Å²) in [6, 6.07) is 5.35. The molecule has 132 valence electrons. The van der Waals surface area contributed by atoms with Crippen LogP contribution >= 0.6 is 0 Å². The Morgan fingerprint density at radius 2 is 2.12 bits per heavy atom. The molecule has 24 heavy (non-hydrogen) atoms. The quantitative estimate of drug-likeness (QED) is 0.868. The smallest absolute Gasteiger partial charge is 0.250 e. The van der Waals surface area contributed by atoms with Crippen LogP contribution in [0.15, 0.2) is 18.2 Å². The lowest BCUT2D eigenvalue weighted by Crippen LogP contribution is -2.42. The molecule has 0 saturated heterocycles. The third kappa shape index (κ3) is 4.06. The van der Waals surface area contributed by atoms with Gasteiger partial charge in [0.1, 0.15) is 19.0 Å². The van der Waals surface area contributed by atoms with Crippen LogP contribution in [0.4, 0.5) is 11.4 Å². The largest absolute Gasteiger partial charge is 0.490 e. The van der Waals surface area contributed by atoms with Crippen molar-refractivity contribution >= 4 is 23.2 Å². The number of anilines is 2. The zero-order valence-electron chi connectivity index (χ0n) is 14.8. The highest BCUT2D eigenvalue weighted by molar-refractivity contribution is 6.00. The minimum atomic E-state index is -0.591. The Bertz CT molecular complexity index is 613. The van der Waals surface area contributed by atoms with Crippen molar-refractivity contribution in [3.63, 3.8) is 0 Å². The first-order chi connectivity index (χ1) is 11.4. The maximum atomic E-state index is 12.8. The summed E-state index contributed by atoms with van der Waals surface area (Å²) in [6.45, 7) is 9.06. The molecule has 0 aromatic heterocycles. The number of amides is 2. The fraction of sp³-hybridized carbons (Fsp3) is 0.556. The summed E-state index contributed by atoms with van der Waals surface area (Å²) >= 11 is 0. The van der Waals surface area contributed by atoms with Crippen LogP contribution in [0.25, 0.3) is 0 Å². The number of ether oxygens (including phenoxy) is 2. The number of benzene rings is 1. The predicted molar refractivity (Wildman–Crippen MR) is 93.5 cm³/mol. The van der Waals surface area contributed by atoms with E-state index in [1.807, 2.05) is 27.7 Å². The van der Waals surface area contributed by atoms with Gasteiger partial charge >= 0.3 is 0 Å². The van der Waals surface area contributed by atoms with Crippen molar-refractivity contribution in [3.8, 4) is 5.75 Å². The Kier molecular flexibility index (Phi) is 5.83. The molecule has 2 rings (SSSR count). The van der Waals surface area contributed by atoms with Crippen LogP contribution in [0, 0.1) is 5.41 Å². The van der Waals surface area contributed by atoms with E-state index in [0.29, 0.717) is 36.9 Å². The van der Waals surface area contributed by atoms with Crippen molar-refractivity contribution in [2.75, 3.05) is 36.6 Å². The van der Waals surface area contributed by atoms with Crippen molar-refractivity contribution in [1.29, 1.82) is 0 Å². The van der Waals surface area contributed by atoms with Crippen LogP contribution in [0.3, 0.4) is 0 Å². The number of carbonyl (C=O) groups excluding carboxylic acids is 2. The van der Waals surface area contributed by atoms with Gasteiger partial charge in [-0.15, -0.1) is 0 Å². The van der Waals surface area contributed by atoms with E-state index in [-0.39, 0.29) is 18.4 Å². The topological polar surface area (TPSA) is 67.9 Å². The van der Waals surface area contributed by atoms with Gasteiger partial charge in [-0.05, 0) is 45.4 Å². The molecular formula is C18H26N2O4. The Labute approximate surface area is 143 Å². The first-order valence-electron chi connectivity index (χ1n) is 8.35. The van der Waals surface area contributed by atoms with Crippen LogP contribution in [-0.4, -0.2) is 38.2 Å². The summed E-state index contributed by atoms with van der Waals surface area (Å²) in [6.07, 6.45) is 0.836. The molecule has 0 bridgehead atoms. The molecule has 1 heterocycles. The van der Waals surface area contributed by atoms with Crippen LogP contribution in [0.2, 0.25) is 0 Å². The molecule has 2 amide bonds. The molecule has 0 aliphatic carbocycles. The Balaban J connectivity index is 2.30. The van der Waals surface area contributed by atoms with E-state index in [4.69, 9.17) is 9.47 Å². The van der Waals surface area contributed by atoms with Crippen molar-refractivity contribution < 1.29 is 19.1 Å². The van der Waals surface area contributed by atoms with Gasteiger partial charge < -0.3 is 19.7 Å². The average Bonchev–Trinajstić information content (AvgIpc) is 2.64. The molecule has 0 saturated carbocycles. The van der Waals surface area contributed by atoms with Gasteiger partial charge in [-0.3, -0.25) is 9.59 Å². The van der Waals surface area contributed by atoms with Crippen LogP contribution in [0.5, 0.6) is 5.75 Å². The highest BCUT2D eigenvalue weighted by Crippen LogP contribution is 2.38. The molecule has 0 spiro atoms. The van der Waals surface area contributed by atoms with Gasteiger partial charge in [0, 0.05) is 18.8 Å². The molecule has 0 radical (unpaired) electrons. The summed E-state index contributed by atoms with van der Waals surface area (Å²) in [5, 5.41) is 2.79. The maximum absolute atomic E-state index is 12.8. The number of carbonyl (C=O) groups is 2. The Hall–Kier alpha value is -2.08. The average molecular weight is 334 g/mol. The lowest BCUT2D eigenvalue weighted by atomic mass is 9.93. The SMILES string of the molecule is CCCN1C(=O)C(C)(C)COc2ccc(NC(=O)COCC)cc21. The van der Waals surface area contributed by atoms with Gasteiger partial charge in [0.2, 0.25) is 11.8 Å². The summed E-state index contributed by atoms with van der Waals surface area (Å²) in [4.78, 5) is 26.4. The van der Waals surface area contributed by atoms with Crippen molar-refractivity contribution in [2.45, 2.75) is 34.1 Å². The minimum Gasteiger partial charge on any atom is -0.490 e. The number of nitrogens with one attached hydrogen (secondary N) is 1. The minimum absolute atomic E-state index is 0.00865. The first kappa shape index (κ1) is 18.3. The Morgan fingerprint density at radius 3 is 2.79 bits per heavy atom. The van der Waals surface area contributed by atoms with Crippen LogP contribution in [-0.2, 0) is 14.3 Å². The van der Waals surface area contributed by atoms with Gasteiger partial charge in [-0.2, -0.15) is 0 Å². The third-order valence-electron chi connectivity index (χ3n) is 3.83. The normalized spacial score (nSPS) is 16.2. The van der Waals surface area contributed by atoms with Gasteiger partial charge in [0.05, 0.1) is 11.1 Å². The van der Waals surface area contributed by atoms with E-state index >= 15 is 0 Å². The molecule has 0 unspecified atom stereocenters. The molecule has 1 aliphatic heterocycles. The molecule has 1 N–H and O–H groups in total. The summed E-state index contributed by atoms with van der Waals surface area (Å²) in [7, 11) is 0. The first-order valence-corrected chi connectivity index (χ1v) is 8.35. The molecule has 1 aliphatic rings. The van der Waals surface area contributed by atoms with Gasteiger partial charge in [-0.25, -0.2) is 0 Å². The lowest BCUT2D eigenvalue weighted by Gasteiger charge is -2.27. The number of rotatable bonds is 6. The van der Waals surface area contributed by atoms with E-state index in [1.165, 1.54) is 0 Å². The molecule has 6 nitrogen and oxygen atoms in total. The number of nitrogens with zero attached hydrogens (tertiary/aromatic N) is 1. The second-order valence-electron chi connectivity index (χ2n) is 6.50. The summed E-state index contributed by atoms with van der Waals surface area (Å²) in [5.74, 6) is 0.464. The standard InChI is InChI=1S/C18H26N2O4/c1-5-9-20-14-10-13(19-16(21)11-23-6-2)7-8-15(14)24-12-18(3,4)17(20)22/h7-8,10H,5-6,9,11-12H2,1-4H3,(H,19,21). The zero-order valence-corrected chi connectivity index (χ0v) is 14.8. The molecule has 1 aromatic carbocycles. The molecule has 1 aromatic rings. The van der Waals surface area contributed by atoms with E-state index in [0.717, 1.165) is 6.42 Å². The van der Waals surface area contributed by atoms with Gasteiger partial charge in [0.15, 0.2) is 0 Å². The van der Waals surface area contributed by atoms with E-state index in [9.17, 15) is 9.59 Å².